The minimum Gasteiger partial charge on any atom is -0.356 e. The lowest BCUT2D eigenvalue weighted by Gasteiger charge is -2.26. The van der Waals surface area contributed by atoms with E-state index in [0.29, 0.717) is 31.6 Å². The van der Waals surface area contributed by atoms with Crippen molar-refractivity contribution >= 4 is 5.91 Å². The summed E-state index contributed by atoms with van der Waals surface area (Å²) in [7, 11) is 2.05. The molecule has 1 unspecified atom stereocenters. The number of aromatic nitrogens is 1. The number of benzene rings is 2. The first-order valence-electron chi connectivity index (χ1n) is 10.3. The van der Waals surface area contributed by atoms with E-state index < -0.39 is 0 Å². The van der Waals surface area contributed by atoms with Gasteiger partial charge in [-0.3, -0.25) is 9.69 Å². The molecule has 1 aliphatic rings. The van der Waals surface area contributed by atoms with Crippen LogP contribution in [-0.2, 0) is 17.9 Å². The van der Waals surface area contributed by atoms with Crippen LogP contribution in [0.2, 0.25) is 0 Å². The zero-order chi connectivity index (χ0) is 20.9. The van der Waals surface area contributed by atoms with Crippen molar-refractivity contribution in [2.45, 2.75) is 38.4 Å². The van der Waals surface area contributed by atoms with Crippen LogP contribution in [0.3, 0.4) is 0 Å². The molecule has 1 fully saturated rings. The highest BCUT2D eigenvalue weighted by Crippen LogP contribution is 2.23. The number of amides is 1. The van der Waals surface area contributed by atoms with E-state index in [4.69, 9.17) is 4.52 Å². The molecule has 0 N–H and O–H groups in total. The standard InChI is InChI=1S/C24H26FN3O2/c1-27(17-20-15-23(30-26-20)18-7-3-2-4-8-18)21-11-12-24(29)28(14-13-21)16-19-9-5-6-10-22(19)25/h2-10,15,21H,11-14,16-17H2,1H3. The Labute approximate surface area is 176 Å². The summed E-state index contributed by atoms with van der Waals surface area (Å²) in [6.45, 7) is 1.60. The molecule has 1 amide bonds. The maximum Gasteiger partial charge on any atom is 0.222 e. The van der Waals surface area contributed by atoms with E-state index in [1.165, 1.54) is 6.07 Å². The van der Waals surface area contributed by atoms with Gasteiger partial charge in [-0.15, -0.1) is 0 Å². The molecular weight excluding hydrogens is 381 g/mol. The SMILES string of the molecule is CN(Cc1cc(-c2ccccc2)on1)C1CCC(=O)N(Cc2ccccc2F)CC1. The molecule has 2 heterocycles. The van der Waals surface area contributed by atoms with E-state index >= 15 is 0 Å². The molecule has 2 aromatic carbocycles. The van der Waals surface area contributed by atoms with E-state index in [1.807, 2.05) is 36.4 Å². The van der Waals surface area contributed by atoms with Crippen LogP contribution in [0.15, 0.2) is 65.2 Å². The second kappa shape index (κ2) is 9.22. The molecular formula is C24H26FN3O2. The van der Waals surface area contributed by atoms with Gasteiger partial charge in [0, 0.05) is 49.3 Å². The van der Waals surface area contributed by atoms with Crippen LogP contribution >= 0.6 is 0 Å². The average Bonchev–Trinajstić information content (AvgIpc) is 3.14. The predicted molar refractivity (Wildman–Crippen MR) is 113 cm³/mol. The van der Waals surface area contributed by atoms with Crippen LogP contribution in [0, 0.1) is 5.82 Å². The number of rotatable bonds is 6. The molecule has 156 valence electrons. The van der Waals surface area contributed by atoms with Gasteiger partial charge in [-0.25, -0.2) is 4.39 Å². The highest BCUT2D eigenvalue weighted by Gasteiger charge is 2.26. The molecule has 1 atom stereocenters. The molecule has 5 nitrogen and oxygen atoms in total. The first kappa shape index (κ1) is 20.3. The van der Waals surface area contributed by atoms with Crippen molar-refractivity contribution in [3.63, 3.8) is 0 Å². The Kier molecular flexibility index (Phi) is 6.23. The summed E-state index contributed by atoms with van der Waals surface area (Å²) in [4.78, 5) is 16.6. The number of halogens is 1. The Balaban J connectivity index is 1.36. The zero-order valence-corrected chi connectivity index (χ0v) is 17.1. The van der Waals surface area contributed by atoms with Crippen LogP contribution < -0.4 is 0 Å². The van der Waals surface area contributed by atoms with E-state index in [1.54, 1.807) is 23.1 Å². The van der Waals surface area contributed by atoms with E-state index in [0.717, 1.165) is 29.9 Å². The van der Waals surface area contributed by atoms with Gasteiger partial charge >= 0.3 is 0 Å². The lowest BCUT2D eigenvalue weighted by molar-refractivity contribution is -0.131. The summed E-state index contributed by atoms with van der Waals surface area (Å²) in [6.07, 6.45) is 2.10. The molecule has 1 saturated heterocycles. The number of carbonyl (C=O) groups is 1. The third-order valence-corrected chi connectivity index (χ3v) is 5.75. The summed E-state index contributed by atoms with van der Waals surface area (Å²) in [5.41, 5.74) is 2.44. The molecule has 1 aliphatic heterocycles. The van der Waals surface area contributed by atoms with E-state index in [9.17, 15) is 9.18 Å². The molecule has 0 saturated carbocycles. The molecule has 0 spiro atoms. The highest BCUT2D eigenvalue weighted by molar-refractivity contribution is 5.76. The normalized spacial score (nSPS) is 17.4. The van der Waals surface area contributed by atoms with Gasteiger partial charge in [0.05, 0.1) is 5.69 Å². The van der Waals surface area contributed by atoms with E-state index in [2.05, 4.69) is 17.1 Å². The second-order valence-corrected chi connectivity index (χ2v) is 7.85. The van der Waals surface area contributed by atoms with Crippen molar-refractivity contribution in [1.29, 1.82) is 0 Å². The molecule has 0 bridgehead atoms. The van der Waals surface area contributed by atoms with Crippen LogP contribution in [0.25, 0.3) is 11.3 Å². The quantitative estimate of drug-likeness (QED) is 0.604. The van der Waals surface area contributed by atoms with Gasteiger partial charge in [0.25, 0.3) is 0 Å². The zero-order valence-electron chi connectivity index (χ0n) is 17.1. The summed E-state index contributed by atoms with van der Waals surface area (Å²) in [5, 5.41) is 4.21. The molecule has 6 heteroatoms. The second-order valence-electron chi connectivity index (χ2n) is 7.85. The van der Waals surface area contributed by atoms with Crippen molar-refractivity contribution in [2.24, 2.45) is 0 Å². The molecule has 0 aliphatic carbocycles. The fourth-order valence-corrected chi connectivity index (χ4v) is 3.97. The van der Waals surface area contributed by atoms with Crippen LogP contribution in [0.4, 0.5) is 4.39 Å². The number of hydrogen-bond acceptors (Lipinski definition) is 4. The first-order chi connectivity index (χ1) is 14.6. The molecule has 4 rings (SSSR count). The minimum absolute atomic E-state index is 0.0851. The fraction of sp³-hybridized carbons (Fsp3) is 0.333. The van der Waals surface area contributed by atoms with E-state index in [-0.39, 0.29) is 17.8 Å². The van der Waals surface area contributed by atoms with Gasteiger partial charge in [0.1, 0.15) is 5.82 Å². The maximum atomic E-state index is 14.0. The van der Waals surface area contributed by atoms with Crippen LogP contribution in [0.1, 0.15) is 30.5 Å². The Bertz CT molecular complexity index is 989. The van der Waals surface area contributed by atoms with Crippen molar-refractivity contribution in [3.8, 4) is 11.3 Å². The Hall–Kier alpha value is -2.99. The van der Waals surface area contributed by atoms with Crippen molar-refractivity contribution in [3.05, 3.63) is 77.7 Å². The average molecular weight is 407 g/mol. The maximum absolute atomic E-state index is 14.0. The minimum atomic E-state index is -0.261. The monoisotopic (exact) mass is 407 g/mol. The summed E-state index contributed by atoms with van der Waals surface area (Å²) in [6, 6.07) is 18.8. The number of carbonyl (C=O) groups excluding carboxylic acids is 1. The van der Waals surface area contributed by atoms with Crippen molar-refractivity contribution in [1.82, 2.24) is 15.0 Å². The number of hydrogen-bond donors (Lipinski definition) is 0. The molecule has 1 aromatic heterocycles. The Morgan fingerprint density at radius 3 is 2.70 bits per heavy atom. The molecule has 3 aromatic rings. The summed E-state index contributed by atoms with van der Waals surface area (Å²) in [5.74, 6) is 0.580. The van der Waals surface area contributed by atoms with Gasteiger partial charge in [0.2, 0.25) is 5.91 Å². The third-order valence-electron chi connectivity index (χ3n) is 5.75. The lowest BCUT2D eigenvalue weighted by Crippen LogP contribution is -2.33. The Morgan fingerprint density at radius 1 is 1.13 bits per heavy atom. The summed E-state index contributed by atoms with van der Waals surface area (Å²) < 4.78 is 19.5. The first-order valence-corrected chi connectivity index (χ1v) is 10.3. The molecule has 0 radical (unpaired) electrons. The van der Waals surface area contributed by atoms with Gasteiger partial charge in [-0.1, -0.05) is 53.7 Å². The highest BCUT2D eigenvalue weighted by atomic mass is 19.1. The predicted octanol–water partition coefficient (Wildman–Crippen LogP) is 4.49. The number of nitrogens with zero attached hydrogens (tertiary/aromatic N) is 3. The Morgan fingerprint density at radius 2 is 1.90 bits per heavy atom. The van der Waals surface area contributed by atoms with Crippen LogP contribution in [0.5, 0.6) is 0 Å². The van der Waals surface area contributed by atoms with Crippen molar-refractivity contribution < 1.29 is 13.7 Å². The summed E-state index contributed by atoms with van der Waals surface area (Å²) >= 11 is 0. The van der Waals surface area contributed by atoms with Gasteiger partial charge in [-0.05, 0) is 26.0 Å². The largest absolute Gasteiger partial charge is 0.356 e. The van der Waals surface area contributed by atoms with Gasteiger partial charge in [-0.2, -0.15) is 0 Å². The number of likely N-dealkylation sites (tertiary alicyclic amines) is 1. The van der Waals surface area contributed by atoms with Gasteiger partial charge < -0.3 is 9.42 Å². The van der Waals surface area contributed by atoms with Crippen molar-refractivity contribution in [2.75, 3.05) is 13.6 Å². The smallest absolute Gasteiger partial charge is 0.222 e. The molecule has 30 heavy (non-hydrogen) atoms. The topological polar surface area (TPSA) is 49.6 Å². The van der Waals surface area contributed by atoms with Gasteiger partial charge in [0.15, 0.2) is 5.76 Å². The lowest BCUT2D eigenvalue weighted by atomic mass is 10.1. The third kappa shape index (κ3) is 4.76. The van der Waals surface area contributed by atoms with Crippen LogP contribution in [-0.4, -0.2) is 40.5 Å². The fourth-order valence-electron chi connectivity index (χ4n) is 3.97.